The molecule has 2 aromatic carbocycles. The lowest BCUT2D eigenvalue weighted by molar-refractivity contribution is -0.118. The van der Waals surface area contributed by atoms with E-state index in [4.69, 9.17) is 18.9 Å². The molecule has 0 aliphatic heterocycles. The molecule has 9 heteroatoms. The van der Waals surface area contributed by atoms with Gasteiger partial charge in [0.25, 0.3) is 5.91 Å². The Morgan fingerprint density at radius 1 is 0.969 bits per heavy atom. The Bertz CT molecular complexity index is 1210. The Morgan fingerprint density at radius 3 is 2.34 bits per heavy atom. The van der Waals surface area contributed by atoms with E-state index in [1.165, 1.54) is 0 Å². The highest BCUT2D eigenvalue weighted by Gasteiger charge is 2.17. The number of anilines is 1. The number of aromatic nitrogens is 3. The summed E-state index contributed by atoms with van der Waals surface area (Å²) in [6.45, 7) is -0.101. The van der Waals surface area contributed by atoms with Gasteiger partial charge in [-0.2, -0.15) is 0 Å². The predicted molar refractivity (Wildman–Crippen MR) is 119 cm³/mol. The van der Waals surface area contributed by atoms with Gasteiger partial charge >= 0.3 is 0 Å². The number of hydrogen-bond acceptors (Lipinski definition) is 7. The number of carbonyl (C=O) groups excluding carboxylic acids is 1. The van der Waals surface area contributed by atoms with Crippen LogP contribution in [0.2, 0.25) is 0 Å². The van der Waals surface area contributed by atoms with E-state index >= 15 is 0 Å². The molecule has 4 rings (SSSR count). The minimum atomic E-state index is -0.279. The third-order valence-corrected chi connectivity index (χ3v) is 4.65. The number of ether oxygens (including phenoxy) is 4. The molecular formula is C23H22N4O5. The Morgan fingerprint density at radius 2 is 1.69 bits per heavy atom. The van der Waals surface area contributed by atoms with Gasteiger partial charge in [0, 0.05) is 5.56 Å². The van der Waals surface area contributed by atoms with Gasteiger partial charge in [-0.3, -0.25) is 4.79 Å². The Kier molecular flexibility index (Phi) is 6.07. The van der Waals surface area contributed by atoms with Gasteiger partial charge in [0.05, 0.1) is 33.2 Å². The first-order valence-corrected chi connectivity index (χ1v) is 9.75. The van der Waals surface area contributed by atoms with E-state index in [-0.39, 0.29) is 12.5 Å². The van der Waals surface area contributed by atoms with Gasteiger partial charge < -0.3 is 24.3 Å². The lowest BCUT2D eigenvalue weighted by Gasteiger charge is -2.12. The van der Waals surface area contributed by atoms with Crippen LogP contribution in [0.25, 0.3) is 17.0 Å². The fourth-order valence-corrected chi connectivity index (χ4v) is 3.15. The molecule has 9 nitrogen and oxygen atoms in total. The summed E-state index contributed by atoms with van der Waals surface area (Å²) in [5, 5.41) is 7.32. The second kappa shape index (κ2) is 9.25. The lowest BCUT2D eigenvalue weighted by Crippen LogP contribution is -2.20. The maximum Gasteiger partial charge on any atom is 0.262 e. The van der Waals surface area contributed by atoms with Gasteiger partial charge in [0.2, 0.25) is 5.75 Å². The third-order valence-electron chi connectivity index (χ3n) is 4.65. The maximum atomic E-state index is 12.2. The summed E-state index contributed by atoms with van der Waals surface area (Å²) in [6, 6.07) is 16.2. The molecule has 0 fully saturated rings. The molecule has 0 aliphatic rings. The van der Waals surface area contributed by atoms with Crippen molar-refractivity contribution in [1.82, 2.24) is 14.6 Å². The summed E-state index contributed by atoms with van der Waals surface area (Å²) in [5.74, 6) is 2.33. The molecule has 164 valence electrons. The van der Waals surface area contributed by atoms with Crippen LogP contribution in [0.3, 0.4) is 0 Å². The zero-order valence-corrected chi connectivity index (χ0v) is 17.9. The first-order valence-electron chi connectivity index (χ1n) is 9.75. The Balaban J connectivity index is 1.54. The zero-order chi connectivity index (χ0) is 22.5. The molecule has 0 aliphatic carbocycles. The summed E-state index contributed by atoms with van der Waals surface area (Å²) in [6.07, 6.45) is 1.68. The average Bonchev–Trinajstić information content (AvgIpc) is 3.26. The SMILES string of the molecule is COc1cc(-c2nc3ccc(NC(=O)COc4ccccc4)cn3n2)cc(OC)c1OC. The molecule has 4 aromatic rings. The largest absolute Gasteiger partial charge is 0.493 e. The lowest BCUT2D eigenvalue weighted by atomic mass is 10.1. The number of benzene rings is 2. The van der Waals surface area contributed by atoms with Gasteiger partial charge in [0.1, 0.15) is 5.75 Å². The molecule has 0 spiro atoms. The number of nitrogens with one attached hydrogen (secondary N) is 1. The molecule has 2 aromatic heterocycles. The molecule has 0 saturated heterocycles. The molecule has 0 bridgehead atoms. The number of nitrogens with zero attached hydrogens (tertiary/aromatic N) is 3. The quantitative estimate of drug-likeness (QED) is 0.454. The van der Waals surface area contributed by atoms with Crippen LogP contribution in [0.15, 0.2) is 60.8 Å². The standard InChI is InChI=1S/C23H22N4O5/c1-29-18-11-15(12-19(30-2)22(18)31-3)23-25-20-10-9-16(13-27(20)26-23)24-21(28)14-32-17-7-5-4-6-8-17/h4-13H,14H2,1-3H3,(H,24,28). The molecule has 1 N–H and O–H groups in total. The van der Waals surface area contributed by atoms with E-state index in [2.05, 4.69) is 15.4 Å². The highest BCUT2D eigenvalue weighted by molar-refractivity contribution is 5.91. The minimum absolute atomic E-state index is 0.101. The van der Waals surface area contributed by atoms with Crippen molar-refractivity contribution < 1.29 is 23.7 Å². The van der Waals surface area contributed by atoms with Gasteiger partial charge in [-0.05, 0) is 36.4 Å². The van der Waals surface area contributed by atoms with Crippen molar-refractivity contribution in [3.05, 3.63) is 60.8 Å². The van der Waals surface area contributed by atoms with E-state index in [1.54, 1.807) is 68.4 Å². The summed E-state index contributed by atoms with van der Waals surface area (Å²) in [5.41, 5.74) is 1.89. The van der Waals surface area contributed by atoms with Crippen LogP contribution in [0.4, 0.5) is 5.69 Å². The van der Waals surface area contributed by atoms with E-state index in [0.29, 0.717) is 45.7 Å². The first-order chi connectivity index (χ1) is 15.6. The van der Waals surface area contributed by atoms with Gasteiger partial charge in [-0.15, -0.1) is 5.10 Å². The molecule has 0 saturated carbocycles. The van der Waals surface area contributed by atoms with Crippen molar-refractivity contribution in [3.8, 4) is 34.4 Å². The molecular weight excluding hydrogens is 412 g/mol. The Labute approximate surface area is 184 Å². The van der Waals surface area contributed by atoms with Crippen LogP contribution in [0.5, 0.6) is 23.0 Å². The van der Waals surface area contributed by atoms with Crippen molar-refractivity contribution >= 4 is 17.2 Å². The van der Waals surface area contributed by atoms with Crippen LogP contribution >= 0.6 is 0 Å². The highest BCUT2D eigenvalue weighted by Crippen LogP contribution is 2.40. The van der Waals surface area contributed by atoms with Gasteiger partial charge in [-0.25, -0.2) is 9.50 Å². The second-order valence-corrected chi connectivity index (χ2v) is 6.72. The van der Waals surface area contributed by atoms with Crippen molar-refractivity contribution in [2.75, 3.05) is 33.3 Å². The van der Waals surface area contributed by atoms with Gasteiger partial charge in [0.15, 0.2) is 29.6 Å². The topological polar surface area (TPSA) is 96.2 Å². The molecule has 0 unspecified atom stereocenters. The predicted octanol–water partition coefficient (Wildman–Crippen LogP) is 3.44. The first kappa shape index (κ1) is 21.0. The molecule has 1 amide bonds. The van der Waals surface area contributed by atoms with Crippen LogP contribution in [-0.4, -0.2) is 48.4 Å². The van der Waals surface area contributed by atoms with Crippen LogP contribution in [-0.2, 0) is 4.79 Å². The molecule has 0 atom stereocenters. The number of hydrogen-bond donors (Lipinski definition) is 1. The third kappa shape index (κ3) is 4.41. The number of pyridine rings is 1. The van der Waals surface area contributed by atoms with Crippen LogP contribution in [0, 0.1) is 0 Å². The monoisotopic (exact) mass is 434 g/mol. The number of carbonyl (C=O) groups is 1. The van der Waals surface area contributed by atoms with Crippen molar-refractivity contribution in [2.45, 2.75) is 0 Å². The van der Waals surface area contributed by atoms with Crippen LogP contribution in [0.1, 0.15) is 0 Å². The molecule has 32 heavy (non-hydrogen) atoms. The van der Waals surface area contributed by atoms with Crippen molar-refractivity contribution in [2.24, 2.45) is 0 Å². The smallest absolute Gasteiger partial charge is 0.262 e. The Hall–Kier alpha value is -4.27. The molecule has 0 radical (unpaired) electrons. The van der Waals surface area contributed by atoms with Crippen LogP contribution < -0.4 is 24.3 Å². The second-order valence-electron chi connectivity index (χ2n) is 6.72. The summed E-state index contributed by atoms with van der Waals surface area (Å²) < 4.78 is 23.2. The van der Waals surface area contributed by atoms with E-state index in [9.17, 15) is 4.79 Å². The highest BCUT2D eigenvalue weighted by atomic mass is 16.5. The summed E-state index contributed by atoms with van der Waals surface area (Å²) in [7, 11) is 4.65. The number of rotatable bonds is 8. The van der Waals surface area contributed by atoms with Crippen molar-refractivity contribution in [3.63, 3.8) is 0 Å². The zero-order valence-electron chi connectivity index (χ0n) is 17.9. The fourth-order valence-electron chi connectivity index (χ4n) is 3.15. The fraction of sp³-hybridized carbons (Fsp3) is 0.174. The number of methoxy groups -OCH3 is 3. The average molecular weight is 434 g/mol. The normalized spacial score (nSPS) is 10.6. The van der Waals surface area contributed by atoms with Crippen molar-refractivity contribution in [1.29, 1.82) is 0 Å². The van der Waals surface area contributed by atoms with E-state index < -0.39 is 0 Å². The number of amides is 1. The number of fused-ring (bicyclic) bond motifs is 1. The number of para-hydroxylation sites is 1. The summed E-state index contributed by atoms with van der Waals surface area (Å²) >= 11 is 0. The minimum Gasteiger partial charge on any atom is -0.493 e. The van der Waals surface area contributed by atoms with E-state index in [0.717, 1.165) is 0 Å². The molecule has 2 heterocycles. The van der Waals surface area contributed by atoms with E-state index in [1.807, 2.05) is 18.2 Å². The summed E-state index contributed by atoms with van der Waals surface area (Å²) in [4.78, 5) is 16.8. The maximum absolute atomic E-state index is 12.2. The van der Waals surface area contributed by atoms with Gasteiger partial charge in [-0.1, -0.05) is 18.2 Å².